The Kier molecular flexibility index (Phi) is 3.09. The van der Waals surface area contributed by atoms with Gasteiger partial charge in [0.2, 0.25) is 0 Å². The number of halogens is 3. The lowest BCUT2D eigenvalue weighted by Gasteiger charge is -2.06. The van der Waals surface area contributed by atoms with Crippen molar-refractivity contribution in [2.24, 2.45) is 0 Å². The van der Waals surface area contributed by atoms with Crippen LogP contribution in [0.2, 0.25) is 0 Å². The smallest absolute Gasteiger partial charge is 0.354 e. The summed E-state index contributed by atoms with van der Waals surface area (Å²) >= 11 is 1.89. The zero-order valence-corrected chi connectivity index (χ0v) is 10.5. The second kappa shape index (κ2) is 4.40. The van der Waals surface area contributed by atoms with Gasteiger partial charge in [-0.05, 0) is 34.7 Å². The van der Waals surface area contributed by atoms with E-state index in [1.54, 1.807) is 0 Å². The normalized spacial score (nSPS) is 10.5. The van der Waals surface area contributed by atoms with E-state index in [-0.39, 0.29) is 11.5 Å². The first-order chi connectivity index (χ1) is 7.99. The number of anilines is 1. The molecule has 2 rings (SSSR count). The van der Waals surface area contributed by atoms with Crippen molar-refractivity contribution in [1.82, 2.24) is 9.55 Å². The molecule has 0 aliphatic carbocycles. The molecule has 0 radical (unpaired) electrons. The van der Waals surface area contributed by atoms with Crippen LogP contribution in [0.4, 0.5) is 14.6 Å². The third-order valence-electron chi connectivity index (χ3n) is 2.09. The van der Waals surface area contributed by atoms with Crippen LogP contribution in [0.3, 0.4) is 0 Å². The Morgan fingerprint density at radius 3 is 2.65 bits per heavy atom. The average Bonchev–Trinajstić information content (AvgIpc) is 2.27. The molecule has 0 amide bonds. The molecule has 2 N–H and O–H groups in total. The molecule has 0 bridgehead atoms. The molecule has 0 saturated heterocycles. The van der Waals surface area contributed by atoms with Crippen molar-refractivity contribution in [3.05, 3.63) is 50.1 Å². The summed E-state index contributed by atoms with van der Waals surface area (Å²) in [6.45, 7) is 0. The molecule has 7 heteroatoms. The predicted octanol–water partition coefficient (Wildman–Crippen LogP) is 1.70. The van der Waals surface area contributed by atoms with Crippen LogP contribution in [0.25, 0.3) is 5.69 Å². The van der Waals surface area contributed by atoms with Gasteiger partial charge in [-0.15, -0.1) is 0 Å². The van der Waals surface area contributed by atoms with Crippen LogP contribution in [0.1, 0.15) is 0 Å². The van der Waals surface area contributed by atoms with Crippen LogP contribution >= 0.6 is 22.6 Å². The Hall–Kier alpha value is -1.51. The lowest BCUT2D eigenvalue weighted by molar-refractivity contribution is 0.507. The van der Waals surface area contributed by atoms with Gasteiger partial charge in [0.25, 0.3) is 0 Å². The fraction of sp³-hybridized carbons (Fsp3) is 0. The minimum absolute atomic E-state index is 0.106. The van der Waals surface area contributed by atoms with Crippen LogP contribution in [-0.4, -0.2) is 9.55 Å². The number of hydrogen-bond donors (Lipinski definition) is 1. The zero-order valence-electron chi connectivity index (χ0n) is 8.32. The van der Waals surface area contributed by atoms with Crippen LogP contribution in [0.5, 0.6) is 0 Å². The zero-order chi connectivity index (χ0) is 12.6. The van der Waals surface area contributed by atoms with Gasteiger partial charge in [0.15, 0.2) is 11.6 Å². The van der Waals surface area contributed by atoms with Gasteiger partial charge < -0.3 is 5.73 Å². The summed E-state index contributed by atoms with van der Waals surface area (Å²) in [6.07, 6.45) is 1.41. The molecule has 1 aromatic heterocycles. The molecule has 17 heavy (non-hydrogen) atoms. The molecule has 1 aromatic carbocycles. The van der Waals surface area contributed by atoms with Crippen LogP contribution in [0.15, 0.2) is 29.2 Å². The molecule has 0 spiro atoms. The van der Waals surface area contributed by atoms with E-state index in [4.69, 9.17) is 5.73 Å². The maximum Gasteiger partial charge on any atom is 0.354 e. The Morgan fingerprint density at radius 2 is 2.00 bits per heavy atom. The Labute approximate surface area is 108 Å². The molecule has 0 saturated carbocycles. The van der Waals surface area contributed by atoms with Crippen molar-refractivity contribution in [2.45, 2.75) is 0 Å². The van der Waals surface area contributed by atoms with Gasteiger partial charge in [-0.3, -0.25) is 4.57 Å². The van der Waals surface area contributed by atoms with E-state index >= 15 is 0 Å². The molecule has 0 atom stereocenters. The predicted molar refractivity (Wildman–Crippen MR) is 66.9 cm³/mol. The third-order valence-corrected chi connectivity index (χ3v) is 2.92. The van der Waals surface area contributed by atoms with Gasteiger partial charge >= 0.3 is 5.69 Å². The number of aromatic nitrogens is 2. The number of hydrogen-bond acceptors (Lipinski definition) is 3. The Morgan fingerprint density at radius 1 is 1.29 bits per heavy atom. The maximum atomic E-state index is 13.0. The maximum absolute atomic E-state index is 13.0. The molecule has 0 fully saturated rings. The number of rotatable bonds is 1. The summed E-state index contributed by atoms with van der Waals surface area (Å²) in [7, 11) is 0. The summed E-state index contributed by atoms with van der Waals surface area (Å²) in [5.74, 6) is -1.89. The standard InChI is InChI=1S/C10H6F2IN3O/c11-6-2-1-5(3-7(6)12)16-4-8(13)9(14)15-10(16)17/h1-4H,(H2,14,15,17). The minimum atomic E-state index is -1.03. The van der Waals surface area contributed by atoms with Crippen molar-refractivity contribution < 1.29 is 8.78 Å². The van der Waals surface area contributed by atoms with Gasteiger partial charge in [0.05, 0.1) is 9.26 Å². The van der Waals surface area contributed by atoms with E-state index in [2.05, 4.69) is 4.98 Å². The van der Waals surface area contributed by atoms with E-state index in [0.717, 1.165) is 16.7 Å². The molecule has 4 nitrogen and oxygen atoms in total. The first-order valence-corrected chi connectivity index (χ1v) is 5.57. The van der Waals surface area contributed by atoms with Crippen LogP contribution < -0.4 is 11.4 Å². The fourth-order valence-corrected chi connectivity index (χ4v) is 1.66. The monoisotopic (exact) mass is 349 g/mol. The van der Waals surface area contributed by atoms with E-state index < -0.39 is 17.3 Å². The number of benzene rings is 1. The van der Waals surface area contributed by atoms with Gasteiger partial charge in [-0.1, -0.05) is 0 Å². The van der Waals surface area contributed by atoms with E-state index in [1.165, 1.54) is 12.3 Å². The first kappa shape index (κ1) is 12.0. The third kappa shape index (κ3) is 2.28. The van der Waals surface area contributed by atoms with Crippen molar-refractivity contribution in [2.75, 3.05) is 5.73 Å². The van der Waals surface area contributed by atoms with Gasteiger partial charge in [-0.2, -0.15) is 4.98 Å². The Balaban J connectivity index is 2.64. The lowest BCUT2D eigenvalue weighted by atomic mass is 10.3. The van der Waals surface area contributed by atoms with Crippen LogP contribution in [0, 0.1) is 15.2 Å². The molecular weight excluding hydrogens is 343 g/mol. The second-order valence-corrected chi connectivity index (χ2v) is 4.39. The van der Waals surface area contributed by atoms with Crippen molar-refractivity contribution >= 4 is 28.4 Å². The highest BCUT2D eigenvalue weighted by Gasteiger charge is 2.08. The number of nitrogens with zero attached hydrogens (tertiary/aromatic N) is 2. The van der Waals surface area contributed by atoms with Crippen LogP contribution in [-0.2, 0) is 0 Å². The SMILES string of the molecule is Nc1nc(=O)n(-c2ccc(F)c(F)c2)cc1I. The van der Waals surface area contributed by atoms with Crippen molar-refractivity contribution in [3.63, 3.8) is 0 Å². The van der Waals surface area contributed by atoms with E-state index in [1.807, 2.05) is 22.6 Å². The summed E-state index contributed by atoms with van der Waals surface area (Å²) in [6, 6.07) is 3.15. The Bertz CT molecular complexity index is 642. The molecule has 0 aliphatic heterocycles. The summed E-state index contributed by atoms with van der Waals surface area (Å²) in [5, 5.41) is 0. The molecule has 0 aliphatic rings. The van der Waals surface area contributed by atoms with Crippen molar-refractivity contribution in [1.29, 1.82) is 0 Å². The molecular formula is C10H6F2IN3O. The highest BCUT2D eigenvalue weighted by molar-refractivity contribution is 14.1. The quantitative estimate of drug-likeness (QED) is 0.798. The number of nitrogen functional groups attached to an aromatic ring is 1. The molecule has 88 valence electrons. The first-order valence-electron chi connectivity index (χ1n) is 4.49. The van der Waals surface area contributed by atoms with E-state index in [0.29, 0.717) is 3.57 Å². The molecule has 0 unspecified atom stereocenters. The summed E-state index contributed by atoms with van der Waals surface area (Å²) in [4.78, 5) is 15.1. The van der Waals surface area contributed by atoms with E-state index in [9.17, 15) is 13.6 Å². The lowest BCUT2D eigenvalue weighted by Crippen LogP contribution is -2.23. The summed E-state index contributed by atoms with van der Waals surface area (Å²) in [5.41, 5.74) is 5.00. The molecule has 1 heterocycles. The van der Waals surface area contributed by atoms with Gasteiger partial charge in [-0.25, -0.2) is 13.6 Å². The van der Waals surface area contributed by atoms with Crippen molar-refractivity contribution in [3.8, 4) is 5.69 Å². The van der Waals surface area contributed by atoms with Gasteiger partial charge in [0, 0.05) is 12.3 Å². The fourth-order valence-electron chi connectivity index (χ4n) is 1.26. The molecule has 2 aromatic rings. The highest BCUT2D eigenvalue weighted by Crippen LogP contribution is 2.14. The minimum Gasteiger partial charge on any atom is -0.383 e. The summed E-state index contributed by atoms with van der Waals surface area (Å²) < 4.78 is 27.4. The largest absolute Gasteiger partial charge is 0.383 e. The number of nitrogens with two attached hydrogens (primary N) is 1. The highest BCUT2D eigenvalue weighted by atomic mass is 127. The average molecular weight is 349 g/mol. The van der Waals surface area contributed by atoms with Gasteiger partial charge in [0.1, 0.15) is 5.82 Å². The topological polar surface area (TPSA) is 60.9 Å². The second-order valence-electron chi connectivity index (χ2n) is 3.23.